The van der Waals surface area contributed by atoms with Crippen molar-refractivity contribution in [2.24, 2.45) is 0 Å². The van der Waals surface area contributed by atoms with Crippen molar-refractivity contribution in [3.8, 4) is 0 Å². The van der Waals surface area contributed by atoms with Crippen molar-refractivity contribution < 1.29 is 0 Å². The zero-order valence-corrected chi connectivity index (χ0v) is 10.2. The fourth-order valence-corrected chi connectivity index (χ4v) is 1.70. The summed E-state index contributed by atoms with van der Waals surface area (Å²) in [6, 6.07) is 1.97. The van der Waals surface area contributed by atoms with E-state index in [1.165, 1.54) is 0 Å². The van der Waals surface area contributed by atoms with E-state index in [0.717, 1.165) is 36.6 Å². The molecule has 0 aliphatic rings. The molecule has 5 nitrogen and oxygen atoms in total. The Hall–Kier alpha value is -1.91. The van der Waals surface area contributed by atoms with Crippen molar-refractivity contribution in [3.05, 3.63) is 35.7 Å². The molecule has 2 heterocycles. The Labute approximate surface area is 101 Å². The molecule has 0 saturated heterocycles. The van der Waals surface area contributed by atoms with Crippen molar-refractivity contribution in [2.75, 3.05) is 11.9 Å². The summed E-state index contributed by atoms with van der Waals surface area (Å²) in [4.78, 5) is 15.9. The first kappa shape index (κ1) is 11.6. The summed E-state index contributed by atoms with van der Waals surface area (Å²) in [6.07, 6.45) is 5.56. The highest BCUT2D eigenvalue weighted by Gasteiger charge is 1.99. The van der Waals surface area contributed by atoms with E-state index < -0.39 is 0 Å². The van der Waals surface area contributed by atoms with Gasteiger partial charge < -0.3 is 10.3 Å². The van der Waals surface area contributed by atoms with Crippen LogP contribution >= 0.6 is 0 Å². The molecule has 5 heteroatoms. The molecule has 2 N–H and O–H groups in total. The van der Waals surface area contributed by atoms with Gasteiger partial charge in [-0.15, -0.1) is 0 Å². The quantitative estimate of drug-likeness (QED) is 0.771. The third-order valence-corrected chi connectivity index (χ3v) is 2.41. The van der Waals surface area contributed by atoms with E-state index in [1.807, 2.05) is 26.1 Å². The number of anilines is 1. The normalized spacial score (nSPS) is 10.5. The third-order valence-electron chi connectivity index (χ3n) is 2.41. The second-order valence-electron chi connectivity index (χ2n) is 4.04. The predicted molar refractivity (Wildman–Crippen MR) is 66.9 cm³/mol. The molecule has 0 aliphatic carbocycles. The number of nitrogens with zero attached hydrogens (tertiary/aromatic N) is 3. The van der Waals surface area contributed by atoms with Crippen molar-refractivity contribution in [3.63, 3.8) is 0 Å². The molecule has 0 radical (unpaired) electrons. The average molecular weight is 231 g/mol. The first-order valence-corrected chi connectivity index (χ1v) is 5.78. The molecule has 0 amide bonds. The topological polar surface area (TPSA) is 66.5 Å². The van der Waals surface area contributed by atoms with Crippen LogP contribution in [0.3, 0.4) is 0 Å². The lowest BCUT2D eigenvalue weighted by atomic mass is 10.3. The van der Waals surface area contributed by atoms with Gasteiger partial charge in [0.2, 0.25) is 5.95 Å². The van der Waals surface area contributed by atoms with Crippen LogP contribution in [-0.4, -0.2) is 26.5 Å². The summed E-state index contributed by atoms with van der Waals surface area (Å²) in [6.45, 7) is 4.80. The van der Waals surface area contributed by atoms with Gasteiger partial charge in [-0.1, -0.05) is 0 Å². The summed E-state index contributed by atoms with van der Waals surface area (Å²) in [5.41, 5.74) is 1.98. The minimum atomic E-state index is 0.710. The number of hydrogen-bond donors (Lipinski definition) is 2. The van der Waals surface area contributed by atoms with E-state index >= 15 is 0 Å². The molecular weight excluding hydrogens is 214 g/mol. The molecule has 2 rings (SSSR count). The molecule has 2 aromatic heterocycles. The highest BCUT2D eigenvalue weighted by molar-refractivity contribution is 5.27. The lowest BCUT2D eigenvalue weighted by Crippen LogP contribution is -2.08. The average Bonchev–Trinajstić information content (AvgIpc) is 2.76. The number of aromatic amines is 1. The van der Waals surface area contributed by atoms with Gasteiger partial charge in [-0.25, -0.2) is 15.0 Å². The van der Waals surface area contributed by atoms with Gasteiger partial charge in [0.15, 0.2) is 0 Å². The van der Waals surface area contributed by atoms with Crippen LogP contribution in [0.1, 0.15) is 23.6 Å². The van der Waals surface area contributed by atoms with E-state index in [1.54, 1.807) is 6.20 Å². The van der Waals surface area contributed by atoms with Gasteiger partial charge >= 0.3 is 0 Å². The van der Waals surface area contributed by atoms with Crippen LogP contribution in [0.2, 0.25) is 0 Å². The number of H-pyrrole nitrogens is 1. The Balaban J connectivity index is 1.78. The van der Waals surface area contributed by atoms with Crippen molar-refractivity contribution in [1.29, 1.82) is 0 Å². The van der Waals surface area contributed by atoms with E-state index in [0.29, 0.717) is 5.95 Å². The van der Waals surface area contributed by atoms with Gasteiger partial charge in [0.25, 0.3) is 0 Å². The monoisotopic (exact) mass is 231 g/mol. The molecule has 2 aromatic rings. The number of aromatic nitrogens is 4. The Morgan fingerprint density at radius 2 is 2.00 bits per heavy atom. The highest BCUT2D eigenvalue weighted by Crippen LogP contribution is 2.04. The summed E-state index contributed by atoms with van der Waals surface area (Å²) < 4.78 is 0. The van der Waals surface area contributed by atoms with E-state index in [9.17, 15) is 0 Å². The SMILES string of the molecule is Cc1cc(C)nc(NCCCc2ncc[nH]2)n1. The second kappa shape index (κ2) is 5.43. The Kier molecular flexibility index (Phi) is 3.69. The Bertz CT molecular complexity index is 444. The standard InChI is InChI=1S/C12H17N5/c1-9-8-10(2)17-12(16-9)15-5-3-4-11-13-6-7-14-11/h6-8H,3-5H2,1-2H3,(H,13,14)(H,15,16,17). The van der Waals surface area contributed by atoms with E-state index in [2.05, 4.69) is 25.3 Å². The number of imidazole rings is 1. The zero-order valence-electron chi connectivity index (χ0n) is 10.2. The maximum absolute atomic E-state index is 4.32. The minimum Gasteiger partial charge on any atom is -0.354 e. The molecule has 0 bridgehead atoms. The van der Waals surface area contributed by atoms with Gasteiger partial charge in [0.05, 0.1) is 0 Å². The number of rotatable bonds is 5. The zero-order chi connectivity index (χ0) is 12.1. The summed E-state index contributed by atoms with van der Waals surface area (Å²) >= 11 is 0. The summed E-state index contributed by atoms with van der Waals surface area (Å²) in [7, 11) is 0. The Morgan fingerprint density at radius 1 is 1.24 bits per heavy atom. The van der Waals surface area contributed by atoms with Gasteiger partial charge in [-0.2, -0.15) is 0 Å². The van der Waals surface area contributed by atoms with Crippen LogP contribution in [0.15, 0.2) is 18.5 Å². The molecule has 0 unspecified atom stereocenters. The van der Waals surface area contributed by atoms with Crippen LogP contribution in [0, 0.1) is 13.8 Å². The predicted octanol–water partition coefficient (Wildman–Crippen LogP) is 1.86. The number of nitrogens with one attached hydrogen (secondary N) is 2. The van der Waals surface area contributed by atoms with Crippen LogP contribution in [0.5, 0.6) is 0 Å². The number of aryl methyl sites for hydroxylation is 3. The van der Waals surface area contributed by atoms with Crippen LogP contribution in [0.4, 0.5) is 5.95 Å². The van der Waals surface area contributed by atoms with Gasteiger partial charge in [0.1, 0.15) is 5.82 Å². The molecule has 0 fully saturated rings. The third kappa shape index (κ3) is 3.55. The molecule has 0 atom stereocenters. The smallest absolute Gasteiger partial charge is 0.223 e. The molecule has 0 aromatic carbocycles. The van der Waals surface area contributed by atoms with Crippen molar-refractivity contribution >= 4 is 5.95 Å². The van der Waals surface area contributed by atoms with Crippen molar-refractivity contribution in [2.45, 2.75) is 26.7 Å². The minimum absolute atomic E-state index is 0.710. The maximum atomic E-state index is 4.32. The maximum Gasteiger partial charge on any atom is 0.223 e. The second-order valence-corrected chi connectivity index (χ2v) is 4.04. The van der Waals surface area contributed by atoms with Crippen LogP contribution in [0.25, 0.3) is 0 Å². The fourth-order valence-electron chi connectivity index (χ4n) is 1.70. The molecule has 0 spiro atoms. The lowest BCUT2D eigenvalue weighted by molar-refractivity contribution is 0.808. The molecule has 90 valence electrons. The summed E-state index contributed by atoms with van der Waals surface area (Å²) in [5.74, 6) is 1.73. The first-order chi connectivity index (χ1) is 8.24. The summed E-state index contributed by atoms with van der Waals surface area (Å²) in [5, 5.41) is 3.22. The van der Waals surface area contributed by atoms with Gasteiger partial charge in [-0.3, -0.25) is 0 Å². The number of hydrogen-bond acceptors (Lipinski definition) is 4. The van der Waals surface area contributed by atoms with Gasteiger partial charge in [0, 0.05) is 36.7 Å². The Morgan fingerprint density at radius 3 is 2.65 bits per heavy atom. The lowest BCUT2D eigenvalue weighted by Gasteiger charge is -2.05. The molecule has 0 saturated carbocycles. The van der Waals surface area contributed by atoms with Gasteiger partial charge in [-0.05, 0) is 26.3 Å². The van der Waals surface area contributed by atoms with Crippen LogP contribution in [-0.2, 0) is 6.42 Å². The highest BCUT2D eigenvalue weighted by atomic mass is 15.1. The van der Waals surface area contributed by atoms with E-state index in [4.69, 9.17) is 0 Å². The van der Waals surface area contributed by atoms with E-state index in [-0.39, 0.29) is 0 Å². The largest absolute Gasteiger partial charge is 0.354 e. The molecular formula is C12H17N5. The van der Waals surface area contributed by atoms with Crippen molar-refractivity contribution in [1.82, 2.24) is 19.9 Å². The molecule has 17 heavy (non-hydrogen) atoms. The fraction of sp³-hybridized carbons (Fsp3) is 0.417. The van der Waals surface area contributed by atoms with Crippen LogP contribution < -0.4 is 5.32 Å². The first-order valence-electron chi connectivity index (χ1n) is 5.78. The molecule has 0 aliphatic heterocycles.